The molecule has 5 heteroatoms. The van der Waals surface area contributed by atoms with Crippen LogP contribution in [0.2, 0.25) is 0 Å². The summed E-state index contributed by atoms with van der Waals surface area (Å²) in [5, 5.41) is 2.49. The molecule has 2 rings (SSSR count). The molecule has 2 heterocycles. The summed E-state index contributed by atoms with van der Waals surface area (Å²) in [5.41, 5.74) is 0.461. The van der Waals surface area contributed by atoms with Crippen molar-refractivity contribution in [3.63, 3.8) is 0 Å². The number of aromatic nitrogens is 3. The van der Waals surface area contributed by atoms with Crippen molar-refractivity contribution in [1.29, 1.82) is 0 Å². The Bertz CT molecular complexity index is 432. The van der Waals surface area contributed by atoms with Crippen LogP contribution in [-0.4, -0.2) is 20.8 Å². The number of hydrogen-bond acceptors (Lipinski definition) is 4. The van der Waals surface area contributed by atoms with E-state index in [1.165, 1.54) is 11.3 Å². The topological polar surface area (TPSA) is 47.8 Å². The Balaban J connectivity index is 2.46. The Hall–Kier alpha value is -1.49. The number of hydrogen-bond donors (Lipinski definition) is 0. The van der Waals surface area contributed by atoms with Crippen LogP contribution in [0.1, 0.15) is 10.5 Å². The maximum atomic E-state index is 10.4. The summed E-state index contributed by atoms with van der Waals surface area (Å²) in [4.78, 5) is 18.6. The molecule has 0 N–H and O–H groups in total. The number of aldehydes is 1. The van der Waals surface area contributed by atoms with Gasteiger partial charge in [-0.25, -0.2) is 9.97 Å². The van der Waals surface area contributed by atoms with Crippen LogP contribution in [-0.2, 0) is 7.05 Å². The molecule has 0 amide bonds. The smallest absolute Gasteiger partial charge is 0.169 e. The van der Waals surface area contributed by atoms with E-state index >= 15 is 0 Å². The highest BCUT2D eigenvalue weighted by Gasteiger charge is 2.07. The summed E-state index contributed by atoms with van der Waals surface area (Å²) in [6.45, 7) is 0. The molecule has 0 aliphatic rings. The third kappa shape index (κ3) is 1.38. The van der Waals surface area contributed by atoms with Crippen LogP contribution in [0.5, 0.6) is 0 Å². The molecule has 4 nitrogen and oxygen atoms in total. The lowest BCUT2D eigenvalue weighted by atomic mass is 10.5. The fraction of sp³-hybridized carbons (Fsp3) is 0.125. The number of rotatable bonds is 2. The Labute approximate surface area is 78.9 Å². The number of imidazole rings is 1. The van der Waals surface area contributed by atoms with Gasteiger partial charge in [0.15, 0.2) is 17.1 Å². The van der Waals surface area contributed by atoms with E-state index in [4.69, 9.17) is 0 Å². The van der Waals surface area contributed by atoms with Gasteiger partial charge >= 0.3 is 0 Å². The minimum Gasteiger partial charge on any atom is -0.332 e. The molecular formula is C8H7N3OS. The van der Waals surface area contributed by atoms with E-state index in [2.05, 4.69) is 9.97 Å². The summed E-state index contributed by atoms with van der Waals surface area (Å²) in [6, 6.07) is 0. The second-order valence-corrected chi connectivity index (χ2v) is 3.42. The highest BCUT2D eigenvalue weighted by Crippen LogP contribution is 2.20. The van der Waals surface area contributed by atoms with Gasteiger partial charge in [0.2, 0.25) is 0 Å². The molecular weight excluding hydrogens is 186 g/mol. The van der Waals surface area contributed by atoms with Crippen LogP contribution < -0.4 is 0 Å². The average molecular weight is 193 g/mol. The predicted molar refractivity (Wildman–Crippen MR) is 49.7 cm³/mol. The first kappa shape index (κ1) is 8.12. The van der Waals surface area contributed by atoms with Crippen LogP contribution in [0.15, 0.2) is 17.8 Å². The molecule has 0 atom stereocenters. The number of nitrogens with zero attached hydrogens (tertiary/aromatic N) is 3. The second-order valence-electron chi connectivity index (χ2n) is 2.56. The van der Waals surface area contributed by atoms with Crippen molar-refractivity contribution < 1.29 is 4.79 Å². The Morgan fingerprint density at radius 3 is 3.00 bits per heavy atom. The third-order valence-corrected chi connectivity index (χ3v) is 2.51. The molecule has 0 saturated heterocycles. The Kier molecular flexibility index (Phi) is 1.94. The largest absolute Gasteiger partial charge is 0.332 e. The van der Waals surface area contributed by atoms with Crippen LogP contribution in [0.25, 0.3) is 10.8 Å². The van der Waals surface area contributed by atoms with Crippen LogP contribution in [0.3, 0.4) is 0 Å². The standard InChI is InChI=1S/C8H7N3OS/c1-11-3-2-9-7(11)8-10-6(4-12)5-13-8/h2-5H,1H3. The fourth-order valence-electron chi connectivity index (χ4n) is 1.01. The van der Waals surface area contributed by atoms with E-state index in [0.717, 1.165) is 17.1 Å². The molecule has 0 aromatic carbocycles. The molecule has 0 bridgehead atoms. The van der Waals surface area contributed by atoms with Gasteiger partial charge < -0.3 is 4.57 Å². The summed E-state index contributed by atoms with van der Waals surface area (Å²) in [5.74, 6) is 0.790. The van der Waals surface area contributed by atoms with E-state index < -0.39 is 0 Å². The predicted octanol–water partition coefficient (Wildman–Crippen LogP) is 1.36. The van der Waals surface area contributed by atoms with E-state index in [9.17, 15) is 4.79 Å². The van der Waals surface area contributed by atoms with Gasteiger partial charge in [-0.2, -0.15) is 0 Å². The quantitative estimate of drug-likeness (QED) is 0.676. The molecule has 0 saturated carbocycles. The van der Waals surface area contributed by atoms with Gasteiger partial charge in [0.1, 0.15) is 5.69 Å². The number of carbonyl (C=O) groups is 1. The summed E-state index contributed by atoms with van der Waals surface area (Å²) in [7, 11) is 1.89. The van der Waals surface area contributed by atoms with Gasteiger partial charge in [-0.1, -0.05) is 0 Å². The summed E-state index contributed by atoms with van der Waals surface area (Å²) in [6.07, 6.45) is 4.29. The molecule has 66 valence electrons. The first-order chi connectivity index (χ1) is 6.31. The molecule has 0 spiro atoms. The lowest BCUT2D eigenvalue weighted by Crippen LogP contribution is -1.90. The highest BCUT2D eigenvalue weighted by atomic mass is 32.1. The van der Waals surface area contributed by atoms with Crippen LogP contribution in [0, 0.1) is 0 Å². The van der Waals surface area contributed by atoms with Crippen molar-refractivity contribution in [1.82, 2.24) is 14.5 Å². The summed E-state index contributed by atoms with van der Waals surface area (Å²) < 4.78 is 1.87. The minimum absolute atomic E-state index is 0.461. The van der Waals surface area contributed by atoms with Crippen molar-refractivity contribution >= 4 is 17.6 Å². The number of carbonyl (C=O) groups excluding carboxylic acids is 1. The summed E-state index contributed by atoms with van der Waals surface area (Å²) >= 11 is 1.42. The number of thiazole rings is 1. The normalized spacial score (nSPS) is 10.2. The molecule has 0 aliphatic carbocycles. The van der Waals surface area contributed by atoms with E-state index in [1.807, 2.05) is 17.8 Å². The zero-order valence-corrected chi connectivity index (χ0v) is 7.78. The lowest BCUT2D eigenvalue weighted by molar-refractivity contribution is 0.111. The van der Waals surface area contributed by atoms with Crippen molar-refractivity contribution in [2.75, 3.05) is 0 Å². The third-order valence-electron chi connectivity index (χ3n) is 1.66. The molecule has 2 aromatic heterocycles. The van der Waals surface area contributed by atoms with Crippen molar-refractivity contribution in [3.8, 4) is 10.8 Å². The van der Waals surface area contributed by atoms with Crippen LogP contribution in [0.4, 0.5) is 0 Å². The average Bonchev–Trinajstić information content (AvgIpc) is 2.71. The van der Waals surface area contributed by atoms with Gasteiger partial charge in [-0.3, -0.25) is 4.79 Å². The van der Waals surface area contributed by atoms with Crippen molar-refractivity contribution in [2.24, 2.45) is 7.05 Å². The van der Waals surface area contributed by atoms with E-state index in [1.54, 1.807) is 11.6 Å². The van der Waals surface area contributed by atoms with Gasteiger partial charge in [0, 0.05) is 24.8 Å². The second kappa shape index (κ2) is 3.10. The Morgan fingerprint density at radius 2 is 2.46 bits per heavy atom. The molecule has 0 radical (unpaired) electrons. The first-order valence-corrected chi connectivity index (χ1v) is 4.57. The van der Waals surface area contributed by atoms with Gasteiger partial charge in [-0.05, 0) is 0 Å². The molecule has 0 aliphatic heterocycles. The van der Waals surface area contributed by atoms with Gasteiger partial charge in [0.05, 0.1) is 0 Å². The lowest BCUT2D eigenvalue weighted by Gasteiger charge is -1.94. The van der Waals surface area contributed by atoms with Crippen molar-refractivity contribution in [3.05, 3.63) is 23.5 Å². The maximum Gasteiger partial charge on any atom is 0.169 e. The van der Waals surface area contributed by atoms with E-state index in [0.29, 0.717) is 5.69 Å². The molecule has 2 aromatic rings. The zero-order valence-electron chi connectivity index (χ0n) is 6.97. The molecule has 13 heavy (non-hydrogen) atoms. The highest BCUT2D eigenvalue weighted by molar-refractivity contribution is 7.13. The number of aryl methyl sites for hydroxylation is 1. The van der Waals surface area contributed by atoms with Gasteiger partial charge in [0.25, 0.3) is 0 Å². The monoisotopic (exact) mass is 193 g/mol. The van der Waals surface area contributed by atoms with E-state index in [-0.39, 0.29) is 0 Å². The molecule has 0 unspecified atom stereocenters. The van der Waals surface area contributed by atoms with Crippen molar-refractivity contribution in [2.45, 2.75) is 0 Å². The zero-order chi connectivity index (χ0) is 9.26. The van der Waals surface area contributed by atoms with Gasteiger partial charge in [-0.15, -0.1) is 11.3 Å². The van der Waals surface area contributed by atoms with Crippen LogP contribution >= 0.6 is 11.3 Å². The first-order valence-electron chi connectivity index (χ1n) is 3.69. The molecule has 0 fully saturated rings. The minimum atomic E-state index is 0.461. The SMILES string of the molecule is Cn1ccnc1-c1nc(C=O)cs1. The fourth-order valence-corrected chi connectivity index (χ4v) is 1.82. The maximum absolute atomic E-state index is 10.4. The Morgan fingerprint density at radius 1 is 1.62 bits per heavy atom.